The van der Waals surface area contributed by atoms with Crippen molar-refractivity contribution in [2.75, 3.05) is 0 Å². The highest BCUT2D eigenvalue weighted by molar-refractivity contribution is 5.73. The van der Waals surface area contributed by atoms with Crippen molar-refractivity contribution in [1.29, 1.82) is 0 Å². The molecule has 0 radical (unpaired) electrons. The SMILES string of the molecule is CCCCc1ccc2oc(CCC(=O)O)nc2c1. The second-order valence-corrected chi connectivity index (χ2v) is 4.41. The molecule has 18 heavy (non-hydrogen) atoms. The molecule has 2 aromatic rings. The minimum atomic E-state index is -0.833. The summed E-state index contributed by atoms with van der Waals surface area (Å²) < 4.78 is 5.50. The third-order valence-corrected chi connectivity index (χ3v) is 2.87. The number of benzene rings is 1. The summed E-state index contributed by atoms with van der Waals surface area (Å²) in [7, 11) is 0. The highest BCUT2D eigenvalue weighted by Gasteiger charge is 2.08. The van der Waals surface area contributed by atoms with Crippen LogP contribution >= 0.6 is 0 Å². The van der Waals surface area contributed by atoms with Crippen molar-refractivity contribution in [2.24, 2.45) is 0 Å². The summed E-state index contributed by atoms with van der Waals surface area (Å²) in [6.45, 7) is 2.17. The first-order valence-corrected chi connectivity index (χ1v) is 6.29. The summed E-state index contributed by atoms with van der Waals surface area (Å²) in [6.07, 6.45) is 3.77. The van der Waals surface area contributed by atoms with Crippen LogP contribution in [0.2, 0.25) is 0 Å². The molecule has 1 N–H and O–H groups in total. The van der Waals surface area contributed by atoms with Crippen molar-refractivity contribution in [3.05, 3.63) is 29.7 Å². The Bertz CT molecular complexity index is 545. The number of hydrogen-bond acceptors (Lipinski definition) is 3. The van der Waals surface area contributed by atoms with Crippen LogP contribution in [0.15, 0.2) is 22.6 Å². The molecule has 0 saturated carbocycles. The van der Waals surface area contributed by atoms with Gasteiger partial charge >= 0.3 is 5.97 Å². The van der Waals surface area contributed by atoms with Gasteiger partial charge in [0.1, 0.15) is 5.52 Å². The Hall–Kier alpha value is -1.84. The molecule has 4 heteroatoms. The number of carboxylic acid groups (broad SMARTS) is 1. The van der Waals surface area contributed by atoms with Gasteiger partial charge in [-0.2, -0.15) is 0 Å². The van der Waals surface area contributed by atoms with Crippen LogP contribution in [0, 0.1) is 0 Å². The molecule has 1 aromatic heterocycles. The highest BCUT2D eigenvalue weighted by Crippen LogP contribution is 2.19. The lowest BCUT2D eigenvalue weighted by atomic mass is 10.1. The molecule has 0 aliphatic heterocycles. The average molecular weight is 247 g/mol. The molecule has 0 amide bonds. The minimum absolute atomic E-state index is 0.0511. The number of carboxylic acids is 1. The Balaban J connectivity index is 2.14. The van der Waals surface area contributed by atoms with E-state index in [1.165, 1.54) is 12.0 Å². The fraction of sp³-hybridized carbons (Fsp3) is 0.429. The van der Waals surface area contributed by atoms with Gasteiger partial charge in [-0.15, -0.1) is 0 Å². The van der Waals surface area contributed by atoms with Crippen LogP contribution in [0.4, 0.5) is 0 Å². The largest absolute Gasteiger partial charge is 0.481 e. The summed E-state index contributed by atoms with van der Waals surface area (Å²) >= 11 is 0. The predicted molar refractivity (Wildman–Crippen MR) is 68.6 cm³/mol. The number of unbranched alkanes of at least 4 members (excludes halogenated alkanes) is 1. The van der Waals surface area contributed by atoms with Crippen LogP contribution in [-0.2, 0) is 17.6 Å². The Kier molecular flexibility index (Phi) is 3.97. The topological polar surface area (TPSA) is 63.3 Å². The first-order valence-electron chi connectivity index (χ1n) is 6.29. The fourth-order valence-electron chi connectivity index (χ4n) is 1.88. The number of aromatic nitrogens is 1. The number of nitrogens with zero attached hydrogens (tertiary/aromatic N) is 1. The Labute approximate surface area is 106 Å². The van der Waals surface area contributed by atoms with E-state index < -0.39 is 5.97 Å². The van der Waals surface area contributed by atoms with Crippen LogP contribution < -0.4 is 0 Å². The van der Waals surface area contributed by atoms with Crippen LogP contribution in [-0.4, -0.2) is 16.1 Å². The molecule has 0 saturated heterocycles. The lowest BCUT2D eigenvalue weighted by Gasteiger charge is -1.97. The van der Waals surface area contributed by atoms with E-state index in [-0.39, 0.29) is 6.42 Å². The summed E-state index contributed by atoms with van der Waals surface area (Å²) in [5, 5.41) is 8.62. The lowest BCUT2D eigenvalue weighted by molar-refractivity contribution is -0.137. The maximum Gasteiger partial charge on any atom is 0.303 e. The Morgan fingerprint density at radius 3 is 2.94 bits per heavy atom. The van der Waals surface area contributed by atoms with Crippen LogP contribution in [0.3, 0.4) is 0 Å². The van der Waals surface area contributed by atoms with Crippen molar-refractivity contribution < 1.29 is 14.3 Å². The monoisotopic (exact) mass is 247 g/mol. The number of aryl methyl sites for hydroxylation is 2. The molecular formula is C14H17NO3. The number of carbonyl (C=O) groups is 1. The van der Waals surface area contributed by atoms with Gasteiger partial charge in [-0.1, -0.05) is 19.4 Å². The van der Waals surface area contributed by atoms with Gasteiger partial charge in [-0.25, -0.2) is 4.98 Å². The quantitative estimate of drug-likeness (QED) is 0.851. The van der Waals surface area contributed by atoms with Crippen molar-refractivity contribution in [2.45, 2.75) is 39.0 Å². The molecule has 0 spiro atoms. The zero-order valence-electron chi connectivity index (χ0n) is 10.5. The summed E-state index contributed by atoms with van der Waals surface area (Å²) in [5.41, 5.74) is 2.81. The molecule has 96 valence electrons. The first-order chi connectivity index (χ1) is 8.69. The van der Waals surface area contributed by atoms with E-state index in [0.29, 0.717) is 12.3 Å². The molecule has 2 rings (SSSR count). The highest BCUT2D eigenvalue weighted by atomic mass is 16.4. The molecule has 1 aromatic carbocycles. The normalized spacial score (nSPS) is 10.9. The van der Waals surface area contributed by atoms with E-state index in [1.807, 2.05) is 18.2 Å². The number of hydrogen-bond donors (Lipinski definition) is 1. The number of rotatable bonds is 6. The van der Waals surface area contributed by atoms with Gasteiger partial charge in [0.2, 0.25) is 0 Å². The molecule has 0 fully saturated rings. The van der Waals surface area contributed by atoms with Crippen molar-refractivity contribution >= 4 is 17.1 Å². The first kappa shape index (κ1) is 12.6. The predicted octanol–water partition coefficient (Wildman–Crippen LogP) is 3.19. The molecule has 4 nitrogen and oxygen atoms in total. The van der Waals surface area contributed by atoms with Gasteiger partial charge in [0, 0.05) is 6.42 Å². The molecule has 0 unspecified atom stereocenters. The smallest absolute Gasteiger partial charge is 0.303 e. The van der Waals surface area contributed by atoms with Gasteiger partial charge in [0.05, 0.1) is 6.42 Å². The van der Waals surface area contributed by atoms with Gasteiger partial charge < -0.3 is 9.52 Å². The van der Waals surface area contributed by atoms with E-state index >= 15 is 0 Å². The molecule has 0 atom stereocenters. The van der Waals surface area contributed by atoms with E-state index in [1.54, 1.807) is 0 Å². The van der Waals surface area contributed by atoms with Gasteiger partial charge in [0.15, 0.2) is 11.5 Å². The molecule has 0 aliphatic rings. The van der Waals surface area contributed by atoms with E-state index in [9.17, 15) is 4.79 Å². The Morgan fingerprint density at radius 2 is 2.22 bits per heavy atom. The van der Waals surface area contributed by atoms with Crippen LogP contribution in [0.1, 0.15) is 37.6 Å². The maximum atomic E-state index is 10.5. The minimum Gasteiger partial charge on any atom is -0.481 e. The Morgan fingerprint density at radius 1 is 1.39 bits per heavy atom. The molecular weight excluding hydrogens is 230 g/mol. The van der Waals surface area contributed by atoms with Gasteiger partial charge in [-0.05, 0) is 30.5 Å². The molecule has 0 aliphatic carbocycles. The summed E-state index contributed by atoms with van der Waals surface area (Å²) in [4.78, 5) is 14.8. The van der Waals surface area contributed by atoms with E-state index in [2.05, 4.69) is 11.9 Å². The lowest BCUT2D eigenvalue weighted by Crippen LogP contribution is -1.97. The van der Waals surface area contributed by atoms with Crippen LogP contribution in [0.5, 0.6) is 0 Å². The second-order valence-electron chi connectivity index (χ2n) is 4.41. The van der Waals surface area contributed by atoms with Crippen LogP contribution in [0.25, 0.3) is 11.1 Å². The maximum absolute atomic E-state index is 10.5. The molecule has 0 bridgehead atoms. The third kappa shape index (κ3) is 3.09. The van der Waals surface area contributed by atoms with Gasteiger partial charge in [0.25, 0.3) is 0 Å². The zero-order chi connectivity index (χ0) is 13.0. The van der Waals surface area contributed by atoms with Crippen molar-refractivity contribution in [1.82, 2.24) is 4.98 Å². The third-order valence-electron chi connectivity index (χ3n) is 2.87. The van der Waals surface area contributed by atoms with Crippen molar-refractivity contribution in [3.63, 3.8) is 0 Å². The van der Waals surface area contributed by atoms with Gasteiger partial charge in [-0.3, -0.25) is 4.79 Å². The molecule has 1 heterocycles. The van der Waals surface area contributed by atoms with E-state index in [0.717, 1.165) is 23.9 Å². The fourth-order valence-corrected chi connectivity index (χ4v) is 1.88. The second kappa shape index (κ2) is 5.67. The van der Waals surface area contributed by atoms with E-state index in [4.69, 9.17) is 9.52 Å². The van der Waals surface area contributed by atoms with Crippen molar-refractivity contribution in [3.8, 4) is 0 Å². The summed E-state index contributed by atoms with van der Waals surface area (Å²) in [5.74, 6) is -0.332. The number of aliphatic carboxylic acids is 1. The zero-order valence-corrected chi connectivity index (χ0v) is 10.5. The standard InChI is InChI=1S/C14H17NO3/c1-2-3-4-10-5-6-12-11(9-10)15-13(18-12)7-8-14(16)17/h5-6,9H,2-4,7-8H2,1H3,(H,16,17). The summed E-state index contributed by atoms with van der Waals surface area (Å²) in [6, 6.07) is 5.99. The number of fused-ring (bicyclic) bond motifs is 1. The average Bonchev–Trinajstić information content (AvgIpc) is 2.75. The number of oxazole rings is 1.